The summed E-state index contributed by atoms with van der Waals surface area (Å²) in [7, 11) is 1.40. The highest BCUT2D eigenvalue weighted by molar-refractivity contribution is 6.06. The van der Waals surface area contributed by atoms with Crippen LogP contribution in [0.25, 0.3) is 0 Å². The Bertz CT molecular complexity index is 1530. The molecule has 5 rings (SSSR count). The Morgan fingerprint density at radius 1 is 1.07 bits per heavy atom. The Balaban J connectivity index is 1.30. The van der Waals surface area contributed by atoms with Crippen LogP contribution < -0.4 is 14.4 Å². The van der Waals surface area contributed by atoms with Gasteiger partial charge in [-0.1, -0.05) is 12.1 Å². The lowest BCUT2D eigenvalue weighted by Gasteiger charge is -2.33. The molecule has 1 saturated heterocycles. The number of fused-ring (bicyclic) bond motifs is 1. The number of likely N-dealkylation sites (tertiary alicyclic amines) is 1. The lowest BCUT2D eigenvalue weighted by atomic mass is 10.0. The van der Waals surface area contributed by atoms with Gasteiger partial charge in [0.2, 0.25) is 5.91 Å². The molecular weight excluding hydrogens is 597 g/mol. The first-order valence-electron chi connectivity index (χ1n) is 13.5. The van der Waals surface area contributed by atoms with Gasteiger partial charge < -0.3 is 29.1 Å². The summed E-state index contributed by atoms with van der Waals surface area (Å²) >= 11 is 0. The number of rotatable bonds is 8. The second-order valence-corrected chi connectivity index (χ2v) is 10.3. The number of hydrogen-bond donors (Lipinski definition) is 1. The average molecular weight is 624 g/mol. The zero-order valence-electron chi connectivity index (χ0n) is 23.1. The maximum Gasteiger partial charge on any atom is 0.586 e. The van der Waals surface area contributed by atoms with Crippen LogP contribution in [-0.4, -0.2) is 72.2 Å². The zero-order valence-corrected chi connectivity index (χ0v) is 23.1. The molecule has 0 spiro atoms. The molecule has 3 aliphatic heterocycles. The van der Waals surface area contributed by atoms with Crippen molar-refractivity contribution in [3.63, 3.8) is 0 Å². The monoisotopic (exact) mass is 623 g/mol. The van der Waals surface area contributed by atoms with Gasteiger partial charge in [0.15, 0.2) is 11.5 Å². The van der Waals surface area contributed by atoms with E-state index in [-0.39, 0.29) is 65.9 Å². The number of aliphatic carboxylic acids is 1. The molecule has 10 nitrogen and oxygen atoms in total. The van der Waals surface area contributed by atoms with Crippen LogP contribution in [-0.2, 0) is 14.3 Å². The van der Waals surface area contributed by atoms with Gasteiger partial charge in [0, 0.05) is 62.8 Å². The molecule has 1 unspecified atom stereocenters. The normalized spacial score (nSPS) is 19.3. The summed E-state index contributed by atoms with van der Waals surface area (Å²) in [5, 5.41) is 8.79. The molecule has 1 fully saturated rings. The number of carbonyl (C=O) groups is 3. The van der Waals surface area contributed by atoms with Crippen molar-refractivity contribution in [3.8, 4) is 11.5 Å². The standard InChI is InChI=1S/C29H26F5N3O7/c1-36(18-5-6-20-21(14-18)44-29(33,34)43-20)27(41)17-4-2-3-16(13-17)26-22(15-23(35-26)28(30,31)32)42-19-9-11-37(12-10-19)24(38)7-8-25(39)40/h2-6,13-15,19,26H,7-12H2,1H3,(H,39,40). The topological polar surface area (TPSA) is 118 Å². The van der Waals surface area contributed by atoms with Gasteiger partial charge in [-0.2, -0.15) is 13.2 Å². The van der Waals surface area contributed by atoms with Crippen LogP contribution in [0.5, 0.6) is 11.5 Å². The minimum Gasteiger partial charge on any atom is -0.492 e. The predicted octanol–water partition coefficient (Wildman–Crippen LogP) is 5.10. The van der Waals surface area contributed by atoms with Crippen molar-refractivity contribution in [1.82, 2.24) is 4.90 Å². The van der Waals surface area contributed by atoms with Crippen molar-refractivity contribution < 1.29 is 55.7 Å². The van der Waals surface area contributed by atoms with E-state index < -0.39 is 42.2 Å². The third-order valence-corrected chi connectivity index (χ3v) is 7.28. The summed E-state index contributed by atoms with van der Waals surface area (Å²) in [6.07, 6.45) is -8.11. The van der Waals surface area contributed by atoms with Crippen LogP contribution in [0.15, 0.2) is 59.3 Å². The van der Waals surface area contributed by atoms with E-state index in [1.165, 1.54) is 54.4 Å². The van der Waals surface area contributed by atoms with Crippen LogP contribution in [0.3, 0.4) is 0 Å². The zero-order chi connectivity index (χ0) is 31.8. The number of allylic oxidation sites excluding steroid dienone is 1. The van der Waals surface area contributed by atoms with E-state index in [0.29, 0.717) is 12.8 Å². The van der Waals surface area contributed by atoms with Gasteiger partial charge in [0.05, 0.1) is 6.42 Å². The number of anilines is 1. The highest BCUT2D eigenvalue weighted by atomic mass is 19.4. The van der Waals surface area contributed by atoms with Gasteiger partial charge in [-0.25, -0.2) is 0 Å². The van der Waals surface area contributed by atoms with E-state index in [9.17, 15) is 36.3 Å². The first kappa shape index (κ1) is 30.8. The molecule has 0 radical (unpaired) electrons. The maximum absolute atomic E-state index is 13.7. The molecule has 234 valence electrons. The van der Waals surface area contributed by atoms with Crippen LogP contribution in [0.2, 0.25) is 0 Å². The van der Waals surface area contributed by atoms with Gasteiger partial charge >= 0.3 is 18.4 Å². The third-order valence-electron chi connectivity index (χ3n) is 7.28. The quantitative estimate of drug-likeness (QED) is 0.407. The Morgan fingerprint density at radius 3 is 2.45 bits per heavy atom. The van der Waals surface area contributed by atoms with Crippen LogP contribution >= 0.6 is 0 Å². The number of benzene rings is 2. The molecule has 0 aliphatic carbocycles. The summed E-state index contributed by atoms with van der Waals surface area (Å²) in [5.74, 6) is -2.52. The minimum absolute atomic E-state index is 0.0670. The number of amides is 2. The molecule has 1 N–H and O–H groups in total. The fourth-order valence-corrected chi connectivity index (χ4v) is 5.03. The van der Waals surface area contributed by atoms with Gasteiger partial charge in [0.1, 0.15) is 23.6 Å². The Labute approximate surface area is 247 Å². The van der Waals surface area contributed by atoms with Crippen molar-refractivity contribution in [2.45, 2.75) is 50.3 Å². The molecule has 2 amide bonds. The van der Waals surface area contributed by atoms with Crippen LogP contribution in [0, 0.1) is 0 Å². The number of ether oxygens (including phenoxy) is 3. The molecule has 3 aliphatic rings. The SMILES string of the molecule is CN(C(=O)c1cccc(C2N=C(C(F)(F)F)C=C2OC2CCN(C(=O)CCC(=O)O)CC2)c1)c1ccc2c(c1)OC(F)(F)O2. The largest absolute Gasteiger partial charge is 0.586 e. The van der Waals surface area contributed by atoms with Crippen molar-refractivity contribution in [3.05, 3.63) is 65.4 Å². The number of aliphatic imine (C=N–C) groups is 1. The number of carbonyl (C=O) groups excluding carboxylic acids is 2. The fourth-order valence-electron chi connectivity index (χ4n) is 5.03. The summed E-state index contributed by atoms with van der Waals surface area (Å²) in [6, 6.07) is 8.43. The van der Waals surface area contributed by atoms with Crippen LogP contribution in [0.1, 0.15) is 47.6 Å². The van der Waals surface area contributed by atoms with Crippen molar-refractivity contribution >= 4 is 29.2 Å². The summed E-state index contributed by atoms with van der Waals surface area (Å²) in [5.41, 5.74) is -0.599. The van der Waals surface area contributed by atoms with Gasteiger partial charge in [0.25, 0.3) is 5.91 Å². The Hall–Kier alpha value is -4.69. The second kappa shape index (κ2) is 11.8. The first-order chi connectivity index (χ1) is 20.7. The van der Waals surface area contributed by atoms with E-state index in [1.807, 2.05) is 0 Å². The molecule has 15 heteroatoms. The maximum atomic E-state index is 13.7. The lowest BCUT2D eigenvalue weighted by molar-refractivity contribution is -0.286. The van der Waals surface area contributed by atoms with E-state index in [4.69, 9.17) is 9.84 Å². The molecule has 2 aromatic carbocycles. The first-order valence-corrected chi connectivity index (χ1v) is 13.5. The minimum atomic E-state index is -4.76. The Morgan fingerprint density at radius 2 is 1.77 bits per heavy atom. The smallest absolute Gasteiger partial charge is 0.492 e. The second-order valence-electron chi connectivity index (χ2n) is 10.3. The molecule has 2 aromatic rings. The predicted molar refractivity (Wildman–Crippen MR) is 144 cm³/mol. The summed E-state index contributed by atoms with van der Waals surface area (Å²) in [6.45, 7) is 0.504. The molecule has 3 heterocycles. The van der Waals surface area contributed by atoms with Gasteiger partial charge in [-0.15, -0.1) is 8.78 Å². The number of carboxylic acid groups (broad SMARTS) is 1. The van der Waals surface area contributed by atoms with Gasteiger partial charge in [-0.05, 0) is 29.8 Å². The highest BCUT2D eigenvalue weighted by Crippen LogP contribution is 2.43. The molecule has 0 aromatic heterocycles. The summed E-state index contributed by atoms with van der Waals surface area (Å²) < 4.78 is 82.6. The lowest BCUT2D eigenvalue weighted by Crippen LogP contribution is -2.41. The van der Waals surface area contributed by atoms with Gasteiger partial charge in [-0.3, -0.25) is 19.4 Å². The van der Waals surface area contributed by atoms with Crippen molar-refractivity contribution in [2.24, 2.45) is 4.99 Å². The fraction of sp³-hybridized carbons (Fsp3) is 0.379. The Kier molecular flexibility index (Phi) is 8.23. The molecular formula is C29H26F5N3O7. The van der Waals surface area contributed by atoms with E-state index in [2.05, 4.69) is 14.5 Å². The number of nitrogens with zero attached hydrogens (tertiary/aromatic N) is 3. The van der Waals surface area contributed by atoms with E-state index in [0.717, 1.165) is 11.0 Å². The number of piperidine rings is 1. The summed E-state index contributed by atoms with van der Waals surface area (Å²) in [4.78, 5) is 42.8. The number of hydrogen-bond acceptors (Lipinski definition) is 7. The van der Waals surface area contributed by atoms with Crippen molar-refractivity contribution in [2.75, 3.05) is 25.0 Å². The average Bonchev–Trinajstić information content (AvgIpc) is 3.54. The van der Waals surface area contributed by atoms with Crippen LogP contribution in [0.4, 0.5) is 27.6 Å². The van der Waals surface area contributed by atoms with E-state index >= 15 is 0 Å². The molecule has 0 saturated carbocycles. The molecule has 44 heavy (non-hydrogen) atoms. The van der Waals surface area contributed by atoms with E-state index in [1.54, 1.807) is 0 Å². The number of carboxylic acids is 1. The number of alkyl halides is 5. The third kappa shape index (κ3) is 6.76. The molecule has 0 bridgehead atoms. The highest BCUT2D eigenvalue weighted by Gasteiger charge is 2.44. The molecule has 1 atom stereocenters. The van der Waals surface area contributed by atoms with Crippen molar-refractivity contribution in [1.29, 1.82) is 0 Å². The number of halogens is 5.